The van der Waals surface area contributed by atoms with E-state index in [0.29, 0.717) is 18.8 Å². The van der Waals surface area contributed by atoms with Gasteiger partial charge in [-0.25, -0.2) is 0 Å². The van der Waals surface area contributed by atoms with Crippen LogP contribution in [0.15, 0.2) is 34.6 Å². The summed E-state index contributed by atoms with van der Waals surface area (Å²) in [5.41, 5.74) is 7.35. The number of thiazole rings is 1. The molecule has 4 nitrogen and oxygen atoms in total. The molecule has 0 aliphatic carbocycles. The Morgan fingerprint density at radius 2 is 2.29 bits per heavy atom. The van der Waals surface area contributed by atoms with Gasteiger partial charge in [-0.1, -0.05) is 11.3 Å². The molecule has 0 bridgehead atoms. The third-order valence-electron chi connectivity index (χ3n) is 2.37. The minimum atomic E-state index is 0.0230. The molecule has 0 amide bonds. The number of hydrogen-bond acceptors (Lipinski definition) is 4. The molecule has 1 aromatic carbocycles. The van der Waals surface area contributed by atoms with Crippen molar-refractivity contribution in [1.29, 1.82) is 0 Å². The predicted molar refractivity (Wildman–Crippen MR) is 69.7 cm³/mol. The van der Waals surface area contributed by atoms with Gasteiger partial charge in [-0.05, 0) is 25.1 Å². The fourth-order valence-electron chi connectivity index (χ4n) is 1.61. The highest BCUT2D eigenvalue weighted by molar-refractivity contribution is 7.07. The lowest BCUT2D eigenvalue weighted by Crippen LogP contribution is -2.13. The van der Waals surface area contributed by atoms with Crippen LogP contribution in [0.25, 0.3) is 0 Å². The highest BCUT2D eigenvalue weighted by Gasteiger charge is 2.06. The summed E-state index contributed by atoms with van der Waals surface area (Å²) in [6.07, 6.45) is 1.77. The standard InChI is InChI=1S/C12H14N2O2S/c1-2-16-11-4-3-10(13)7-9(11)8-14-5-6-17-12(14)15/h3-7H,2,8,13H2,1H3. The highest BCUT2D eigenvalue weighted by Crippen LogP contribution is 2.22. The number of nitrogens with zero attached hydrogens (tertiary/aromatic N) is 1. The number of hydrogen-bond donors (Lipinski definition) is 1. The minimum absolute atomic E-state index is 0.0230. The molecule has 1 heterocycles. The molecule has 17 heavy (non-hydrogen) atoms. The van der Waals surface area contributed by atoms with Crippen molar-refractivity contribution in [2.24, 2.45) is 0 Å². The second-order valence-electron chi connectivity index (χ2n) is 3.60. The van der Waals surface area contributed by atoms with Gasteiger partial charge in [0.2, 0.25) is 0 Å². The number of aromatic nitrogens is 1. The van der Waals surface area contributed by atoms with Gasteiger partial charge in [0.15, 0.2) is 0 Å². The van der Waals surface area contributed by atoms with E-state index in [0.717, 1.165) is 11.3 Å². The van der Waals surface area contributed by atoms with E-state index < -0.39 is 0 Å². The molecule has 5 heteroatoms. The average Bonchev–Trinajstić information content (AvgIpc) is 2.69. The summed E-state index contributed by atoms with van der Waals surface area (Å²) in [6.45, 7) is 3.01. The summed E-state index contributed by atoms with van der Waals surface area (Å²) in [5, 5.41) is 1.77. The van der Waals surface area contributed by atoms with Crippen LogP contribution in [-0.4, -0.2) is 11.2 Å². The molecule has 0 saturated heterocycles. The van der Waals surface area contributed by atoms with E-state index in [1.807, 2.05) is 19.1 Å². The number of nitrogen functional groups attached to an aromatic ring is 1. The van der Waals surface area contributed by atoms with Crippen molar-refractivity contribution in [3.63, 3.8) is 0 Å². The van der Waals surface area contributed by atoms with Crippen LogP contribution in [0.4, 0.5) is 5.69 Å². The van der Waals surface area contributed by atoms with Crippen molar-refractivity contribution in [3.05, 3.63) is 45.0 Å². The first-order chi connectivity index (χ1) is 8.20. The number of rotatable bonds is 4. The number of benzene rings is 1. The molecule has 0 radical (unpaired) electrons. The maximum Gasteiger partial charge on any atom is 0.307 e. The third kappa shape index (κ3) is 2.68. The van der Waals surface area contributed by atoms with Crippen LogP contribution >= 0.6 is 11.3 Å². The van der Waals surface area contributed by atoms with Gasteiger partial charge in [0.25, 0.3) is 0 Å². The quantitative estimate of drug-likeness (QED) is 0.844. The zero-order valence-electron chi connectivity index (χ0n) is 9.55. The number of nitrogens with two attached hydrogens (primary N) is 1. The van der Waals surface area contributed by atoms with Crippen molar-refractivity contribution < 1.29 is 4.74 Å². The van der Waals surface area contributed by atoms with Gasteiger partial charge in [0.05, 0.1) is 13.2 Å². The molecule has 0 aliphatic heterocycles. The van der Waals surface area contributed by atoms with E-state index in [-0.39, 0.29) is 4.87 Å². The molecule has 90 valence electrons. The average molecular weight is 250 g/mol. The lowest BCUT2D eigenvalue weighted by molar-refractivity contribution is 0.336. The van der Waals surface area contributed by atoms with Crippen molar-refractivity contribution in [3.8, 4) is 5.75 Å². The highest BCUT2D eigenvalue weighted by atomic mass is 32.1. The maximum atomic E-state index is 11.5. The van der Waals surface area contributed by atoms with Crippen LogP contribution in [0, 0.1) is 0 Å². The Balaban J connectivity index is 2.33. The third-order valence-corrected chi connectivity index (χ3v) is 3.06. The van der Waals surface area contributed by atoms with E-state index in [9.17, 15) is 4.79 Å². The fraction of sp³-hybridized carbons (Fsp3) is 0.250. The van der Waals surface area contributed by atoms with Gasteiger partial charge in [0, 0.05) is 22.8 Å². The Kier molecular flexibility index (Phi) is 3.49. The Hall–Kier alpha value is -1.75. The minimum Gasteiger partial charge on any atom is -0.494 e. The van der Waals surface area contributed by atoms with Crippen LogP contribution in [0.3, 0.4) is 0 Å². The molecule has 0 aliphatic rings. The SMILES string of the molecule is CCOc1ccc(N)cc1Cn1ccsc1=O. The summed E-state index contributed by atoms with van der Waals surface area (Å²) in [4.78, 5) is 11.5. The van der Waals surface area contributed by atoms with Gasteiger partial charge in [0.1, 0.15) is 5.75 Å². The molecule has 0 fully saturated rings. The molecule has 0 saturated carbocycles. The Morgan fingerprint density at radius 3 is 2.94 bits per heavy atom. The Bertz CT molecular complexity index is 560. The molecule has 2 aromatic rings. The van der Waals surface area contributed by atoms with Crippen molar-refractivity contribution in [2.45, 2.75) is 13.5 Å². The van der Waals surface area contributed by atoms with E-state index in [1.54, 1.807) is 22.2 Å². The van der Waals surface area contributed by atoms with E-state index in [2.05, 4.69) is 0 Å². The molecular formula is C12H14N2O2S. The van der Waals surface area contributed by atoms with E-state index in [4.69, 9.17) is 10.5 Å². The molecule has 2 N–H and O–H groups in total. The zero-order valence-corrected chi connectivity index (χ0v) is 10.4. The van der Waals surface area contributed by atoms with Crippen LogP contribution in [0.2, 0.25) is 0 Å². The summed E-state index contributed by atoms with van der Waals surface area (Å²) >= 11 is 1.18. The lowest BCUT2D eigenvalue weighted by Gasteiger charge is -2.11. The molecule has 1 aromatic heterocycles. The van der Waals surface area contributed by atoms with Gasteiger partial charge in [-0.3, -0.25) is 4.79 Å². The summed E-state index contributed by atoms with van der Waals surface area (Å²) in [7, 11) is 0. The number of ether oxygens (including phenoxy) is 1. The fourth-order valence-corrected chi connectivity index (χ4v) is 2.20. The second-order valence-corrected chi connectivity index (χ2v) is 4.45. The smallest absolute Gasteiger partial charge is 0.307 e. The molecular weight excluding hydrogens is 236 g/mol. The largest absolute Gasteiger partial charge is 0.494 e. The van der Waals surface area contributed by atoms with Crippen molar-refractivity contribution in [1.82, 2.24) is 4.57 Å². The summed E-state index contributed by atoms with van der Waals surface area (Å²) in [5.74, 6) is 0.778. The van der Waals surface area contributed by atoms with Crippen LogP contribution < -0.4 is 15.3 Å². The lowest BCUT2D eigenvalue weighted by atomic mass is 10.1. The molecule has 0 unspecified atom stereocenters. The van der Waals surface area contributed by atoms with E-state index >= 15 is 0 Å². The predicted octanol–water partition coefficient (Wildman–Crippen LogP) is 1.94. The van der Waals surface area contributed by atoms with Crippen LogP contribution in [0.5, 0.6) is 5.75 Å². The van der Waals surface area contributed by atoms with E-state index in [1.165, 1.54) is 11.3 Å². The Labute approximate surface area is 103 Å². The van der Waals surface area contributed by atoms with Gasteiger partial charge in [-0.2, -0.15) is 0 Å². The normalized spacial score (nSPS) is 10.4. The zero-order chi connectivity index (χ0) is 12.3. The Morgan fingerprint density at radius 1 is 1.47 bits per heavy atom. The topological polar surface area (TPSA) is 57.2 Å². The molecule has 0 atom stereocenters. The van der Waals surface area contributed by atoms with Crippen molar-refractivity contribution in [2.75, 3.05) is 12.3 Å². The van der Waals surface area contributed by atoms with Crippen LogP contribution in [-0.2, 0) is 6.54 Å². The van der Waals surface area contributed by atoms with Crippen LogP contribution in [0.1, 0.15) is 12.5 Å². The molecule has 2 rings (SSSR count). The summed E-state index contributed by atoms with van der Waals surface area (Å²) < 4.78 is 7.15. The number of anilines is 1. The first-order valence-electron chi connectivity index (χ1n) is 5.36. The molecule has 0 spiro atoms. The first kappa shape index (κ1) is 11.7. The first-order valence-corrected chi connectivity index (χ1v) is 6.24. The van der Waals surface area contributed by atoms with Gasteiger partial charge < -0.3 is 15.0 Å². The van der Waals surface area contributed by atoms with Gasteiger partial charge >= 0.3 is 4.87 Å². The van der Waals surface area contributed by atoms with Gasteiger partial charge in [-0.15, -0.1) is 0 Å². The summed E-state index contributed by atoms with van der Waals surface area (Å²) in [6, 6.07) is 5.48. The monoisotopic (exact) mass is 250 g/mol. The van der Waals surface area contributed by atoms with Crippen molar-refractivity contribution >= 4 is 17.0 Å². The second kappa shape index (κ2) is 5.05. The maximum absolute atomic E-state index is 11.5.